The Morgan fingerprint density at radius 2 is 0.411 bits per heavy atom. The first-order valence-corrected chi connectivity index (χ1v) is 19.0. The lowest BCUT2D eigenvalue weighted by molar-refractivity contribution is 0.0981. The van der Waals surface area contributed by atoms with E-state index in [1.807, 2.05) is 97.1 Å². The van der Waals surface area contributed by atoms with Gasteiger partial charge in [-0.1, -0.05) is 170 Å². The normalized spacial score (nSPS) is 12.4. The van der Waals surface area contributed by atoms with Crippen molar-refractivity contribution in [3.05, 3.63) is 216 Å². The molecule has 0 bridgehead atoms. The second kappa shape index (κ2) is 12.6. The highest BCUT2D eigenvalue weighted by molar-refractivity contribution is 6.41. The van der Waals surface area contributed by atoms with E-state index in [0.717, 1.165) is 87.6 Å². The van der Waals surface area contributed by atoms with Crippen molar-refractivity contribution in [2.75, 3.05) is 0 Å². The standard InChI is InChI=1S/C54H32O2/c55-53-49-45(33-17-5-1-6-18-33)41-29-37-25-13-14-26-38(37)30-42(41)46(34-19-7-2-8-20-34)50(49)54(56)52-48(36-23-11-4-12-24-36)44-32-40-28-16-15-27-39(40)31-43(44)47(51(52)53)35-21-9-3-10-22-35/h1-32H. The lowest BCUT2D eigenvalue weighted by Gasteiger charge is -2.30. The average Bonchev–Trinajstić information content (AvgIpc) is 3.26. The quantitative estimate of drug-likeness (QED) is 0.170. The van der Waals surface area contributed by atoms with Crippen molar-refractivity contribution in [3.8, 4) is 44.5 Å². The number of ketones is 2. The number of fused-ring (bicyclic) bond motifs is 6. The number of hydrogen-bond donors (Lipinski definition) is 0. The maximum Gasteiger partial charge on any atom is 0.195 e. The van der Waals surface area contributed by atoms with E-state index < -0.39 is 0 Å². The lowest BCUT2D eigenvalue weighted by Crippen LogP contribution is -2.25. The van der Waals surface area contributed by atoms with Crippen LogP contribution in [0.25, 0.3) is 87.6 Å². The third-order valence-electron chi connectivity index (χ3n) is 11.5. The Bertz CT molecular complexity index is 2800. The minimum atomic E-state index is -0.146. The molecule has 10 aromatic carbocycles. The van der Waals surface area contributed by atoms with E-state index in [1.165, 1.54) is 0 Å². The van der Waals surface area contributed by atoms with Crippen molar-refractivity contribution in [1.82, 2.24) is 0 Å². The van der Waals surface area contributed by atoms with Crippen LogP contribution in [0.3, 0.4) is 0 Å². The highest BCUT2D eigenvalue weighted by Crippen LogP contribution is 2.52. The van der Waals surface area contributed by atoms with Gasteiger partial charge in [0.2, 0.25) is 0 Å². The molecule has 0 aliphatic heterocycles. The van der Waals surface area contributed by atoms with Crippen LogP contribution in [0.4, 0.5) is 0 Å². The Morgan fingerprint density at radius 1 is 0.214 bits per heavy atom. The van der Waals surface area contributed by atoms with Crippen molar-refractivity contribution in [1.29, 1.82) is 0 Å². The van der Waals surface area contributed by atoms with Crippen LogP contribution < -0.4 is 0 Å². The summed E-state index contributed by atoms with van der Waals surface area (Å²) in [5.41, 5.74) is 8.50. The van der Waals surface area contributed by atoms with Gasteiger partial charge >= 0.3 is 0 Å². The second-order valence-electron chi connectivity index (χ2n) is 14.6. The molecule has 0 amide bonds. The number of rotatable bonds is 4. The van der Waals surface area contributed by atoms with Gasteiger partial charge in [-0.2, -0.15) is 0 Å². The van der Waals surface area contributed by atoms with Gasteiger partial charge in [0, 0.05) is 44.5 Å². The van der Waals surface area contributed by atoms with Crippen LogP contribution >= 0.6 is 0 Å². The smallest absolute Gasteiger partial charge is 0.195 e. The molecule has 56 heavy (non-hydrogen) atoms. The molecule has 1 aliphatic rings. The maximum absolute atomic E-state index is 16.3. The van der Waals surface area contributed by atoms with Crippen molar-refractivity contribution >= 4 is 54.7 Å². The molecule has 0 aromatic heterocycles. The molecule has 2 heteroatoms. The van der Waals surface area contributed by atoms with E-state index in [-0.39, 0.29) is 11.6 Å². The first-order valence-electron chi connectivity index (χ1n) is 19.0. The fourth-order valence-electron chi connectivity index (χ4n) is 9.12. The van der Waals surface area contributed by atoms with Crippen LogP contribution in [0.5, 0.6) is 0 Å². The first kappa shape index (κ1) is 32.0. The van der Waals surface area contributed by atoms with Gasteiger partial charge in [0.05, 0.1) is 0 Å². The minimum absolute atomic E-state index is 0.146. The van der Waals surface area contributed by atoms with E-state index in [4.69, 9.17) is 0 Å². The van der Waals surface area contributed by atoms with Crippen molar-refractivity contribution in [2.24, 2.45) is 0 Å². The van der Waals surface area contributed by atoms with Crippen molar-refractivity contribution in [3.63, 3.8) is 0 Å². The predicted molar refractivity (Wildman–Crippen MR) is 232 cm³/mol. The molecular weight excluding hydrogens is 681 g/mol. The molecule has 0 radical (unpaired) electrons. The Morgan fingerprint density at radius 3 is 0.625 bits per heavy atom. The average molecular weight is 713 g/mol. The summed E-state index contributed by atoms with van der Waals surface area (Å²) >= 11 is 0. The van der Waals surface area contributed by atoms with E-state index in [0.29, 0.717) is 22.3 Å². The number of benzene rings is 10. The Balaban J connectivity index is 1.40. The van der Waals surface area contributed by atoms with Gasteiger partial charge in [-0.05, 0) is 89.6 Å². The van der Waals surface area contributed by atoms with Crippen LogP contribution in [-0.2, 0) is 0 Å². The van der Waals surface area contributed by atoms with Gasteiger partial charge in [0.1, 0.15) is 0 Å². The number of hydrogen-bond acceptors (Lipinski definition) is 2. The molecule has 1 aliphatic carbocycles. The third-order valence-corrected chi connectivity index (χ3v) is 11.5. The summed E-state index contributed by atoms with van der Waals surface area (Å²) in [6.45, 7) is 0. The van der Waals surface area contributed by atoms with Gasteiger partial charge in [0.15, 0.2) is 11.6 Å². The Hall–Kier alpha value is -7.42. The molecule has 0 fully saturated rings. The molecule has 2 nitrogen and oxygen atoms in total. The molecule has 260 valence electrons. The van der Waals surface area contributed by atoms with Gasteiger partial charge in [-0.15, -0.1) is 0 Å². The molecule has 0 spiro atoms. The van der Waals surface area contributed by atoms with Crippen LogP contribution in [0.1, 0.15) is 31.8 Å². The highest BCUT2D eigenvalue weighted by atomic mass is 16.1. The van der Waals surface area contributed by atoms with Crippen LogP contribution in [0, 0.1) is 0 Å². The maximum atomic E-state index is 16.3. The second-order valence-corrected chi connectivity index (χ2v) is 14.6. The lowest BCUT2D eigenvalue weighted by atomic mass is 9.70. The fourth-order valence-corrected chi connectivity index (χ4v) is 9.12. The monoisotopic (exact) mass is 712 g/mol. The van der Waals surface area contributed by atoms with Crippen LogP contribution in [-0.4, -0.2) is 11.6 Å². The van der Waals surface area contributed by atoms with Crippen molar-refractivity contribution < 1.29 is 9.59 Å². The predicted octanol–water partition coefficient (Wildman–Crippen LogP) is 13.7. The van der Waals surface area contributed by atoms with Gasteiger partial charge in [0.25, 0.3) is 0 Å². The third kappa shape index (κ3) is 4.76. The molecule has 0 heterocycles. The summed E-state index contributed by atoms with van der Waals surface area (Å²) in [6.07, 6.45) is 0. The summed E-state index contributed by atoms with van der Waals surface area (Å²) in [5, 5.41) is 8.03. The zero-order valence-electron chi connectivity index (χ0n) is 30.3. The zero-order valence-corrected chi connectivity index (χ0v) is 30.3. The van der Waals surface area contributed by atoms with Crippen LogP contribution in [0.15, 0.2) is 194 Å². The van der Waals surface area contributed by atoms with E-state index in [1.54, 1.807) is 0 Å². The molecule has 11 rings (SSSR count). The SMILES string of the molecule is O=C1c2c(c(-c3ccccc3)c3cc4ccccc4cc3c2-c2ccccc2)C(=O)c2c1c(-c1ccccc1)c1cc3ccccc3cc1c2-c1ccccc1. The molecule has 0 N–H and O–H groups in total. The van der Waals surface area contributed by atoms with E-state index in [9.17, 15) is 0 Å². The molecule has 0 unspecified atom stereocenters. The van der Waals surface area contributed by atoms with E-state index in [2.05, 4.69) is 97.1 Å². The zero-order chi connectivity index (χ0) is 37.3. The van der Waals surface area contributed by atoms with Crippen LogP contribution in [0.2, 0.25) is 0 Å². The summed E-state index contributed by atoms with van der Waals surface area (Å²) in [4.78, 5) is 32.5. The summed E-state index contributed by atoms with van der Waals surface area (Å²) in [6, 6.07) is 65.9. The van der Waals surface area contributed by atoms with Crippen molar-refractivity contribution in [2.45, 2.75) is 0 Å². The Labute approximate surface area is 323 Å². The summed E-state index contributed by atoms with van der Waals surface area (Å²) in [5.74, 6) is -0.293. The van der Waals surface area contributed by atoms with E-state index >= 15 is 9.59 Å². The number of carbonyl (C=O) groups excluding carboxylic acids is 2. The first-order chi connectivity index (χ1) is 27.7. The fraction of sp³-hybridized carbons (Fsp3) is 0. The number of carbonyl (C=O) groups is 2. The molecule has 0 saturated heterocycles. The molecule has 10 aromatic rings. The Kier molecular flexibility index (Phi) is 7.20. The highest BCUT2D eigenvalue weighted by Gasteiger charge is 2.41. The molecular formula is C54H32O2. The topological polar surface area (TPSA) is 34.1 Å². The minimum Gasteiger partial charge on any atom is -0.289 e. The van der Waals surface area contributed by atoms with Gasteiger partial charge in [-0.25, -0.2) is 0 Å². The summed E-state index contributed by atoms with van der Waals surface area (Å²) in [7, 11) is 0. The van der Waals surface area contributed by atoms with Gasteiger partial charge in [-0.3, -0.25) is 9.59 Å². The molecule has 0 saturated carbocycles. The largest absolute Gasteiger partial charge is 0.289 e. The molecule has 0 atom stereocenters. The summed E-state index contributed by atoms with van der Waals surface area (Å²) < 4.78 is 0. The van der Waals surface area contributed by atoms with Gasteiger partial charge < -0.3 is 0 Å².